The van der Waals surface area contributed by atoms with Gasteiger partial charge in [0.1, 0.15) is 22.4 Å². The van der Waals surface area contributed by atoms with Crippen molar-refractivity contribution in [3.05, 3.63) is 40.4 Å². The van der Waals surface area contributed by atoms with E-state index in [0.717, 1.165) is 43.2 Å². The van der Waals surface area contributed by atoms with E-state index in [2.05, 4.69) is 21.9 Å². The number of aromatic nitrogens is 1. The number of aliphatic hydroxyl groups is 1. The molecule has 0 aliphatic carbocycles. The molecule has 3 heterocycles. The monoisotopic (exact) mass is 385 g/mol. The number of nitrogens with zero attached hydrogens (tertiary/aromatic N) is 4. The molecule has 7 nitrogen and oxygen atoms in total. The van der Waals surface area contributed by atoms with Crippen LogP contribution in [-0.2, 0) is 0 Å². The fourth-order valence-corrected chi connectivity index (χ4v) is 4.25. The maximum atomic E-state index is 10.5. The molecule has 2 aliphatic rings. The zero-order chi connectivity index (χ0) is 19.0. The Bertz CT molecular complexity index is 868. The quantitative estimate of drug-likeness (QED) is 0.842. The number of nitrogens with one attached hydrogen (secondary N) is 1. The highest BCUT2D eigenvalue weighted by Gasteiger charge is 2.34. The lowest BCUT2D eigenvalue weighted by Gasteiger charge is -2.38. The molecule has 0 atom stereocenters. The minimum atomic E-state index is 0.217. The number of methoxy groups -OCH3 is 1. The first-order chi connectivity index (χ1) is 13.1. The lowest BCUT2D eigenvalue weighted by atomic mass is 10.1. The zero-order valence-corrected chi connectivity index (χ0v) is 16.3. The average molecular weight is 385 g/mol. The van der Waals surface area contributed by atoms with Gasteiger partial charge in [-0.3, -0.25) is 10.4 Å². The van der Waals surface area contributed by atoms with Crippen LogP contribution in [0.4, 0.5) is 0 Å². The second-order valence-electron chi connectivity index (χ2n) is 6.75. The number of hydrogen-bond donors (Lipinski definition) is 2. The predicted molar refractivity (Wildman–Crippen MR) is 107 cm³/mol. The molecule has 142 valence electrons. The summed E-state index contributed by atoms with van der Waals surface area (Å²) in [5, 5.41) is 25.8. The standard InChI is InChI=1S/C19H23N5O2S/c1-22-7-9-23(10-8-22)24-11-16(25)17(18(24)20)19-21-15(12-27-19)13-3-5-14(26-2)6-4-13/h3-6,12,20,25H,7-11H2,1-2H3. The van der Waals surface area contributed by atoms with E-state index in [-0.39, 0.29) is 5.76 Å². The van der Waals surface area contributed by atoms with Crippen LogP contribution in [0.5, 0.6) is 5.75 Å². The van der Waals surface area contributed by atoms with Gasteiger partial charge in [0.05, 0.1) is 24.9 Å². The Hall–Kier alpha value is -2.42. The molecule has 2 aromatic rings. The number of hydrazine groups is 1. The normalized spacial score (nSPS) is 19.2. The lowest BCUT2D eigenvalue weighted by Crippen LogP contribution is -2.53. The van der Waals surface area contributed by atoms with Crippen LogP contribution >= 0.6 is 11.3 Å². The van der Waals surface area contributed by atoms with Crippen LogP contribution in [0.2, 0.25) is 0 Å². The summed E-state index contributed by atoms with van der Waals surface area (Å²) in [6.07, 6.45) is 0. The molecule has 2 aliphatic heterocycles. The average Bonchev–Trinajstić information content (AvgIpc) is 3.27. The number of rotatable bonds is 4. The first-order valence-corrected chi connectivity index (χ1v) is 9.77. The zero-order valence-electron chi connectivity index (χ0n) is 15.5. The Morgan fingerprint density at radius 1 is 1.15 bits per heavy atom. The van der Waals surface area contributed by atoms with Crippen LogP contribution in [0.3, 0.4) is 0 Å². The number of amidine groups is 1. The molecule has 0 amide bonds. The Morgan fingerprint density at radius 2 is 1.85 bits per heavy atom. The number of ether oxygens (including phenoxy) is 1. The second-order valence-corrected chi connectivity index (χ2v) is 7.61. The van der Waals surface area contributed by atoms with E-state index in [1.165, 1.54) is 11.3 Å². The molecule has 1 aromatic heterocycles. The molecular weight excluding hydrogens is 362 g/mol. The summed E-state index contributed by atoms with van der Waals surface area (Å²) in [6.45, 7) is 3.97. The van der Waals surface area contributed by atoms with E-state index in [1.54, 1.807) is 7.11 Å². The molecule has 0 bridgehead atoms. The van der Waals surface area contributed by atoms with Gasteiger partial charge in [-0.25, -0.2) is 9.99 Å². The summed E-state index contributed by atoms with van der Waals surface area (Å²) in [5.74, 6) is 1.34. The molecule has 0 unspecified atom stereocenters. The van der Waals surface area contributed by atoms with Crippen molar-refractivity contribution in [3.63, 3.8) is 0 Å². The topological polar surface area (TPSA) is 75.9 Å². The van der Waals surface area contributed by atoms with Crippen molar-refractivity contribution >= 4 is 22.7 Å². The molecule has 0 saturated carbocycles. The van der Waals surface area contributed by atoms with Gasteiger partial charge in [-0.15, -0.1) is 11.3 Å². The molecular formula is C19H23N5O2S. The second kappa shape index (κ2) is 7.30. The van der Waals surface area contributed by atoms with Crippen LogP contribution < -0.4 is 4.74 Å². The highest BCUT2D eigenvalue weighted by molar-refractivity contribution is 7.11. The molecule has 8 heteroatoms. The Morgan fingerprint density at radius 3 is 2.52 bits per heavy atom. The van der Waals surface area contributed by atoms with Crippen LogP contribution in [0.25, 0.3) is 16.8 Å². The van der Waals surface area contributed by atoms with Crippen molar-refractivity contribution in [1.82, 2.24) is 19.9 Å². The number of benzene rings is 1. The van der Waals surface area contributed by atoms with Gasteiger partial charge in [-0.1, -0.05) is 0 Å². The number of thiazole rings is 1. The number of likely N-dealkylation sites (N-methyl/N-ethyl adjacent to an activating group) is 1. The van der Waals surface area contributed by atoms with Gasteiger partial charge >= 0.3 is 0 Å². The molecule has 27 heavy (non-hydrogen) atoms. The van der Waals surface area contributed by atoms with Crippen molar-refractivity contribution in [3.8, 4) is 17.0 Å². The van der Waals surface area contributed by atoms with Crippen LogP contribution in [-0.4, -0.2) is 77.7 Å². The minimum Gasteiger partial charge on any atom is -0.509 e. The van der Waals surface area contributed by atoms with E-state index in [9.17, 15) is 5.11 Å². The van der Waals surface area contributed by atoms with Gasteiger partial charge in [-0.2, -0.15) is 0 Å². The van der Waals surface area contributed by atoms with Crippen LogP contribution in [0.1, 0.15) is 5.01 Å². The highest BCUT2D eigenvalue weighted by atomic mass is 32.1. The lowest BCUT2D eigenvalue weighted by molar-refractivity contribution is 0.00796. The third-order valence-corrected chi connectivity index (χ3v) is 5.87. The van der Waals surface area contributed by atoms with Crippen LogP contribution in [0, 0.1) is 5.41 Å². The molecule has 0 radical (unpaired) electrons. The van der Waals surface area contributed by atoms with Crippen molar-refractivity contribution < 1.29 is 9.84 Å². The first-order valence-electron chi connectivity index (χ1n) is 8.89. The fourth-order valence-electron chi connectivity index (χ4n) is 3.35. The Kier molecular flexibility index (Phi) is 4.86. The largest absolute Gasteiger partial charge is 0.509 e. The summed E-state index contributed by atoms with van der Waals surface area (Å²) in [4.78, 5) is 6.95. The van der Waals surface area contributed by atoms with Gasteiger partial charge < -0.3 is 14.7 Å². The van der Waals surface area contributed by atoms with E-state index in [1.807, 2.05) is 34.7 Å². The molecule has 0 spiro atoms. The summed E-state index contributed by atoms with van der Waals surface area (Å²) >= 11 is 1.45. The van der Waals surface area contributed by atoms with Gasteiger partial charge in [0.15, 0.2) is 0 Å². The van der Waals surface area contributed by atoms with E-state index in [4.69, 9.17) is 10.1 Å². The summed E-state index contributed by atoms with van der Waals surface area (Å²) in [7, 11) is 3.74. The number of piperazine rings is 1. The summed E-state index contributed by atoms with van der Waals surface area (Å²) in [5.41, 5.74) is 2.36. The van der Waals surface area contributed by atoms with Crippen molar-refractivity contribution in [2.75, 3.05) is 46.9 Å². The Balaban J connectivity index is 1.53. The van der Waals surface area contributed by atoms with E-state index in [0.29, 0.717) is 23.0 Å². The number of hydrogen-bond acceptors (Lipinski definition) is 7. The maximum Gasteiger partial charge on any atom is 0.149 e. The predicted octanol–water partition coefficient (Wildman–Crippen LogP) is 2.54. The fraction of sp³-hybridized carbons (Fsp3) is 0.368. The minimum absolute atomic E-state index is 0.217. The van der Waals surface area contributed by atoms with Crippen molar-refractivity contribution in [2.24, 2.45) is 0 Å². The molecule has 4 rings (SSSR count). The van der Waals surface area contributed by atoms with Gasteiger partial charge in [0.25, 0.3) is 0 Å². The molecule has 1 fully saturated rings. The SMILES string of the molecule is COc1ccc(-c2csc(C3=C(O)CN(N4CCN(C)CC4)C3=N)n2)cc1. The first kappa shape index (κ1) is 18.0. The van der Waals surface area contributed by atoms with Gasteiger partial charge in [0, 0.05) is 37.1 Å². The van der Waals surface area contributed by atoms with Crippen molar-refractivity contribution in [2.45, 2.75) is 0 Å². The highest BCUT2D eigenvalue weighted by Crippen LogP contribution is 2.33. The molecule has 2 N–H and O–H groups in total. The van der Waals surface area contributed by atoms with Crippen molar-refractivity contribution in [1.29, 1.82) is 5.41 Å². The number of aliphatic hydroxyl groups excluding tert-OH is 1. The molecule has 1 aromatic carbocycles. The third-order valence-electron chi connectivity index (χ3n) is 5.01. The van der Waals surface area contributed by atoms with E-state index >= 15 is 0 Å². The molecule has 1 saturated heterocycles. The van der Waals surface area contributed by atoms with E-state index < -0.39 is 0 Å². The summed E-state index contributed by atoms with van der Waals surface area (Å²) in [6, 6.07) is 7.72. The van der Waals surface area contributed by atoms with Gasteiger partial charge in [0.2, 0.25) is 0 Å². The smallest absolute Gasteiger partial charge is 0.149 e. The van der Waals surface area contributed by atoms with Crippen LogP contribution in [0.15, 0.2) is 35.4 Å². The van der Waals surface area contributed by atoms with Gasteiger partial charge in [-0.05, 0) is 31.3 Å². The maximum absolute atomic E-state index is 10.5. The third kappa shape index (κ3) is 3.43. The Labute approximate surface area is 162 Å². The summed E-state index contributed by atoms with van der Waals surface area (Å²) < 4.78 is 5.20.